The number of benzene rings is 1. The van der Waals surface area contributed by atoms with Crippen molar-refractivity contribution in [2.45, 2.75) is 19.9 Å². The van der Waals surface area contributed by atoms with Crippen molar-refractivity contribution >= 4 is 11.0 Å². The molecule has 2 heterocycles. The Kier molecular flexibility index (Phi) is 2.80. The number of hydrogen-bond donors (Lipinski definition) is 1. The molecule has 0 unspecified atom stereocenters. The molecule has 1 aromatic heterocycles. The van der Waals surface area contributed by atoms with Gasteiger partial charge in [0, 0.05) is 18.0 Å². The monoisotopic (exact) mass is 245 g/mol. The maximum atomic E-state index is 11.9. The van der Waals surface area contributed by atoms with Crippen molar-refractivity contribution in [2.75, 3.05) is 13.2 Å². The van der Waals surface area contributed by atoms with E-state index in [1.165, 1.54) is 0 Å². The van der Waals surface area contributed by atoms with E-state index in [2.05, 4.69) is 5.32 Å². The Morgan fingerprint density at radius 2 is 2.28 bits per heavy atom. The Bertz CT molecular complexity index is 645. The van der Waals surface area contributed by atoms with Crippen LogP contribution in [0.4, 0.5) is 0 Å². The Morgan fingerprint density at radius 3 is 3.11 bits per heavy atom. The minimum Gasteiger partial charge on any atom is -0.494 e. The summed E-state index contributed by atoms with van der Waals surface area (Å²) in [5.41, 5.74) is 2.26. The molecule has 0 atom stereocenters. The van der Waals surface area contributed by atoms with Crippen LogP contribution in [0.25, 0.3) is 11.0 Å². The van der Waals surface area contributed by atoms with Crippen molar-refractivity contribution < 1.29 is 9.15 Å². The molecule has 0 fully saturated rings. The lowest BCUT2D eigenvalue weighted by Crippen LogP contribution is -2.29. The van der Waals surface area contributed by atoms with Crippen molar-refractivity contribution in [1.29, 1.82) is 0 Å². The normalized spacial score (nSPS) is 14.5. The molecule has 2 aromatic rings. The highest BCUT2D eigenvalue weighted by Crippen LogP contribution is 2.26. The lowest BCUT2D eigenvalue weighted by Gasteiger charge is -2.17. The first-order valence-electron chi connectivity index (χ1n) is 6.21. The molecule has 1 aliphatic heterocycles. The van der Waals surface area contributed by atoms with Gasteiger partial charge in [0.05, 0.1) is 12.2 Å². The van der Waals surface area contributed by atoms with Gasteiger partial charge in [-0.3, -0.25) is 0 Å². The van der Waals surface area contributed by atoms with Gasteiger partial charge in [0.2, 0.25) is 0 Å². The minimum atomic E-state index is -0.238. The van der Waals surface area contributed by atoms with E-state index in [1.807, 2.05) is 19.1 Å². The minimum absolute atomic E-state index is 0.238. The van der Waals surface area contributed by atoms with Gasteiger partial charge in [0.1, 0.15) is 11.3 Å². The topological polar surface area (TPSA) is 51.5 Å². The number of hydrogen-bond acceptors (Lipinski definition) is 4. The van der Waals surface area contributed by atoms with Gasteiger partial charge in [-0.2, -0.15) is 0 Å². The van der Waals surface area contributed by atoms with E-state index in [1.54, 1.807) is 6.07 Å². The van der Waals surface area contributed by atoms with E-state index >= 15 is 0 Å². The van der Waals surface area contributed by atoms with Crippen LogP contribution >= 0.6 is 0 Å². The summed E-state index contributed by atoms with van der Waals surface area (Å²) < 4.78 is 10.8. The number of nitrogens with one attached hydrogen (secondary N) is 1. The van der Waals surface area contributed by atoms with Crippen LogP contribution in [0.15, 0.2) is 27.4 Å². The summed E-state index contributed by atoms with van der Waals surface area (Å²) in [6, 6.07) is 5.70. The Morgan fingerprint density at radius 1 is 1.39 bits per heavy atom. The van der Waals surface area contributed by atoms with E-state index in [-0.39, 0.29) is 5.63 Å². The molecule has 1 N–H and O–H groups in total. The first kappa shape index (κ1) is 11.3. The third kappa shape index (κ3) is 1.78. The number of fused-ring (bicyclic) bond motifs is 3. The van der Waals surface area contributed by atoms with Gasteiger partial charge in [0.25, 0.3) is 0 Å². The second-order valence-electron chi connectivity index (χ2n) is 4.36. The fourth-order valence-electron chi connectivity index (χ4n) is 2.43. The van der Waals surface area contributed by atoms with Crippen LogP contribution < -0.4 is 15.7 Å². The van der Waals surface area contributed by atoms with Crippen molar-refractivity contribution in [3.05, 3.63) is 39.7 Å². The molecule has 4 heteroatoms. The highest BCUT2D eigenvalue weighted by molar-refractivity contribution is 5.82. The quantitative estimate of drug-likeness (QED) is 0.820. The Balaban J connectivity index is 2.23. The molecule has 94 valence electrons. The molecule has 0 aliphatic carbocycles. The van der Waals surface area contributed by atoms with E-state index < -0.39 is 0 Å². The summed E-state index contributed by atoms with van der Waals surface area (Å²) in [6.45, 7) is 4.03. The average molecular weight is 245 g/mol. The van der Waals surface area contributed by atoms with Gasteiger partial charge < -0.3 is 14.5 Å². The largest absolute Gasteiger partial charge is 0.494 e. The van der Waals surface area contributed by atoms with Gasteiger partial charge in [-0.05, 0) is 37.6 Å². The summed E-state index contributed by atoms with van der Waals surface area (Å²) >= 11 is 0. The van der Waals surface area contributed by atoms with E-state index in [0.717, 1.165) is 35.2 Å². The third-order valence-electron chi connectivity index (χ3n) is 3.26. The SMILES string of the molecule is CCOc1ccc2c3c(c(=O)oc2c1)CNCC3. The fourth-order valence-corrected chi connectivity index (χ4v) is 2.43. The Hall–Kier alpha value is -1.81. The zero-order valence-electron chi connectivity index (χ0n) is 10.3. The average Bonchev–Trinajstić information content (AvgIpc) is 2.39. The Labute approximate surface area is 105 Å². The molecular formula is C14H15NO3. The van der Waals surface area contributed by atoms with Crippen molar-refractivity contribution in [3.63, 3.8) is 0 Å². The van der Waals surface area contributed by atoms with Gasteiger partial charge in [-0.15, -0.1) is 0 Å². The van der Waals surface area contributed by atoms with Gasteiger partial charge in [0.15, 0.2) is 0 Å². The lowest BCUT2D eigenvalue weighted by molar-refractivity contribution is 0.340. The zero-order valence-corrected chi connectivity index (χ0v) is 10.3. The van der Waals surface area contributed by atoms with Crippen molar-refractivity contribution in [2.24, 2.45) is 0 Å². The van der Waals surface area contributed by atoms with Crippen molar-refractivity contribution in [1.82, 2.24) is 5.32 Å². The molecule has 4 nitrogen and oxygen atoms in total. The summed E-state index contributed by atoms with van der Waals surface area (Å²) in [6.07, 6.45) is 0.866. The molecule has 0 amide bonds. The molecule has 1 aliphatic rings. The van der Waals surface area contributed by atoms with Crippen molar-refractivity contribution in [3.8, 4) is 5.75 Å². The van der Waals surface area contributed by atoms with Crippen LogP contribution in [-0.4, -0.2) is 13.2 Å². The number of ether oxygens (including phenoxy) is 1. The van der Waals surface area contributed by atoms with E-state index in [0.29, 0.717) is 18.7 Å². The second kappa shape index (κ2) is 4.46. The molecule has 0 spiro atoms. The smallest absolute Gasteiger partial charge is 0.341 e. The lowest BCUT2D eigenvalue weighted by atomic mass is 9.99. The zero-order chi connectivity index (χ0) is 12.5. The molecule has 18 heavy (non-hydrogen) atoms. The molecule has 1 aromatic carbocycles. The molecule has 0 radical (unpaired) electrons. The summed E-state index contributed by atoms with van der Waals surface area (Å²) in [4.78, 5) is 11.9. The van der Waals surface area contributed by atoms with Gasteiger partial charge in [-0.1, -0.05) is 0 Å². The van der Waals surface area contributed by atoms with Gasteiger partial charge in [-0.25, -0.2) is 4.79 Å². The molecule has 0 saturated heterocycles. The summed E-state index contributed by atoms with van der Waals surface area (Å²) in [5.74, 6) is 0.738. The maximum absolute atomic E-state index is 11.9. The van der Waals surface area contributed by atoms with Crippen LogP contribution in [0.1, 0.15) is 18.1 Å². The predicted octanol–water partition coefficient (Wildman–Crippen LogP) is 1.84. The van der Waals surface area contributed by atoms with E-state index in [4.69, 9.17) is 9.15 Å². The second-order valence-corrected chi connectivity index (χ2v) is 4.36. The molecule has 0 saturated carbocycles. The van der Waals surface area contributed by atoms with E-state index in [9.17, 15) is 4.79 Å². The molecule has 0 bridgehead atoms. The van der Waals surface area contributed by atoms with Gasteiger partial charge >= 0.3 is 5.63 Å². The standard InChI is InChI=1S/C14H15NO3/c1-2-17-9-3-4-11-10-5-6-15-8-12(10)14(16)18-13(11)7-9/h3-4,7,15H,2,5-6,8H2,1H3. The van der Waals surface area contributed by atoms with Crippen LogP contribution in [0.2, 0.25) is 0 Å². The molecule has 3 rings (SSSR count). The summed E-state index contributed by atoms with van der Waals surface area (Å²) in [5, 5.41) is 4.22. The summed E-state index contributed by atoms with van der Waals surface area (Å²) in [7, 11) is 0. The predicted molar refractivity (Wildman–Crippen MR) is 69.1 cm³/mol. The highest BCUT2D eigenvalue weighted by Gasteiger charge is 2.17. The molecular weight excluding hydrogens is 230 g/mol. The third-order valence-corrected chi connectivity index (χ3v) is 3.26. The van der Waals surface area contributed by atoms with Crippen LogP contribution in [-0.2, 0) is 13.0 Å². The van der Waals surface area contributed by atoms with Crippen LogP contribution in [0.3, 0.4) is 0 Å². The first-order chi connectivity index (χ1) is 8.79. The highest BCUT2D eigenvalue weighted by atomic mass is 16.5. The van der Waals surface area contributed by atoms with Crippen LogP contribution in [0, 0.1) is 0 Å². The fraction of sp³-hybridized carbons (Fsp3) is 0.357. The number of rotatable bonds is 2. The first-order valence-corrected chi connectivity index (χ1v) is 6.21. The van der Waals surface area contributed by atoms with Crippen LogP contribution in [0.5, 0.6) is 5.75 Å². The maximum Gasteiger partial charge on any atom is 0.341 e.